The van der Waals surface area contributed by atoms with E-state index in [2.05, 4.69) is 11.9 Å². The quantitative estimate of drug-likeness (QED) is 0.773. The molecule has 2 fully saturated rings. The van der Waals surface area contributed by atoms with Crippen molar-refractivity contribution >= 4 is 5.78 Å². The number of hydrogen-bond donors (Lipinski definition) is 0. The maximum atomic E-state index is 13.0. The second kappa shape index (κ2) is 6.39. The van der Waals surface area contributed by atoms with Crippen LogP contribution in [-0.2, 0) is 6.18 Å². The molecule has 0 spiro atoms. The molecule has 2 unspecified atom stereocenters. The Morgan fingerprint density at radius 3 is 2.38 bits per heavy atom. The van der Waals surface area contributed by atoms with E-state index in [0.29, 0.717) is 17.6 Å². The van der Waals surface area contributed by atoms with Gasteiger partial charge in [0.2, 0.25) is 0 Å². The van der Waals surface area contributed by atoms with Crippen molar-refractivity contribution in [3.63, 3.8) is 0 Å². The molecule has 0 aliphatic carbocycles. The highest BCUT2D eigenvalue weighted by molar-refractivity contribution is 5.98. The Hall–Kier alpha value is -1.56. The van der Waals surface area contributed by atoms with Gasteiger partial charge in [-0.05, 0) is 44.9 Å². The van der Waals surface area contributed by atoms with Crippen LogP contribution in [0.2, 0.25) is 0 Å². The van der Waals surface area contributed by atoms with Gasteiger partial charge in [0.25, 0.3) is 0 Å². The van der Waals surface area contributed by atoms with E-state index in [0.717, 1.165) is 31.7 Å². The number of alkyl halides is 3. The summed E-state index contributed by atoms with van der Waals surface area (Å²) in [5.41, 5.74) is -0.533. The Morgan fingerprint density at radius 1 is 1.21 bits per heavy atom. The van der Waals surface area contributed by atoms with Crippen LogP contribution >= 0.6 is 0 Å². The van der Waals surface area contributed by atoms with Crippen molar-refractivity contribution in [2.75, 3.05) is 14.2 Å². The number of methoxy groups -OCH3 is 1. The van der Waals surface area contributed by atoms with E-state index in [1.165, 1.54) is 25.7 Å². The zero-order chi connectivity index (χ0) is 17.5. The van der Waals surface area contributed by atoms with Gasteiger partial charge in [0.15, 0.2) is 5.78 Å². The van der Waals surface area contributed by atoms with E-state index in [1.54, 1.807) is 0 Å². The van der Waals surface area contributed by atoms with Crippen LogP contribution in [0.1, 0.15) is 48.0 Å². The standard InChI is InChI=1S/C18H22F3NO2/c1-22-13-4-3-5-14(22)9-12(8-13)17(23)11-6-7-15(18(19,20)21)16(10-11)24-2/h6-7,10,12-14H,3-5,8-9H2,1-2H3. The fourth-order valence-electron chi connectivity index (χ4n) is 4.14. The Bertz CT molecular complexity index is 615. The van der Waals surface area contributed by atoms with Gasteiger partial charge in [0.1, 0.15) is 5.75 Å². The van der Waals surface area contributed by atoms with Crippen LogP contribution in [0.25, 0.3) is 0 Å². The van der Waals surface area contributed by atoms with Gasteiger partial charge in [0.05, 0.1) is 12.7 Å². The van der Waals surface area contributed by atoms with E-state index in [4.69, 9.17) is 4.74 Å². The molecule has 132 valence electrons. The molecular formula is C18H22F3NO2. The van der Waals surface area contributed by atoms with Crippen LogP contribution in [0, 0.1) is 5.92 Å². The summed E-state index contributed by atoms with van der Waals surface area (Å²) >= 11 is 0. The predicted octanol–water partition coefficient (Wildman–Crippen LogP) is 4.16. The van der Waals surface area contributed by atoms with E-state index in [-0.39, 0.29) is 17.5 Å². The normalized spacial score (nSPS) is 27.8. The average molecular weight is 341 g/mol. The summed E-state index contributed by atoms with van der Waals surface area (Å²) in [6.07, 6.45) is 0.455. The molecule has 24 heavy (non-hydrogen) atoms. The maximum absolute atomic E-state index is 13.0. The zero-order valence-corrected chi connectivity index (χ0v) is 13.9. The molecule has 0 N–H and O–H groups in total. The summed E-state index contributed by atoms with van der Waals surface area (Å²) in [4.78, 5) is 15.2. The minimum atomic E-state index is -4.49. The molecular weight excluding hydrogens is 319 g/mol. The predicted molar refractivity (Wildman–Crippen MR) is 84.2 cm³/mol. The number of carbonyl (C=O) groups excluding carboxylic acids is 1. The fourth-order valence-corrected chi connectivity index (χ4v) is 4.14. The Kier molecular flexibility index (Phi) is 4.60. The lowest BCUT2D eigenvalue weighted by molar-refractivity contribution is -0.138. The topological polar surface area (TPSA) is 29.5 Å². The van der Waals surface area contributed by atoms with E-state index < -0.39 is 11.7 Å². The van der Waals surface area contributed by atoms with Crippen molar-refractivity contribution in [2.24, 2.45) is 5.92 Å². The average Bonchev–Trinajstić information content (AvgIpc) is 2.52. The summed E-state index contributed by atoms with van der Waals surface area (Å²) in [7, 11) is 3.30. The third-order valence-corrected chi connectivity index (χ3v) is 5.50. The highest BCUT2D eigenvalue weighted by atomic mass is 19.4. The smallest absolute Gasteiger partial charge is 0.419 e. The van der Waals surface area contributed by atoms with Crippen LogP contribution in [0.3, 0.4) is 0 Å². The molecule has 6 heteroatoms. The molecule has 0 aromatic heterocycles. The molecule has 2 atom stereocenters. The molecule has 1 aromatic rings. The summed E-state index contributed by atoms with van der Waals surface area (Å²) in [6.45, 7) is 0. The first-order chi connectivity index (χ1) is 11.3. The molecule has 2 aliphatic heterocycles. The maximum Gasteiger partial charge on any atom is 0.419 e. The Balaban J connectivity index is 1.83. The van der Waals surface area contributed by atoms with Gasteiger partial charge in [-0.15, -0.1) is 0 Å². The Morgan fingerprint density at radius 2 is 1.83 bits per heavy atom. The number of piperidine rings is 2. The molecule has 3 nitrogen and oxygen atoms in total. The number of benzene rings is 1. The van der Waals surface area contributed by atoms with Crippen LogP contribution in [0.4, 0.5) is 13.2 Å². The van der Waals surface area contributed by atoms with Crippen molar-refractivity contribution in [1.29, 1.82) is 0 Å². The van der Waals surface area contributed by atoms with Gasteiger partial charge in [-0.3, -0.25) is 4.79 Å². The molecule has 1 aromatic carbocycles. The molecule has 2 heterocycles. The molecule has 2 saturated heterocycles. The van der Waals surface area contributed by atoms with Gasteiger partial charge in [-0.2, -0.15) is 13.2 Å². The summed E-state index contributed by atoms with van der Waals surface area (Å²) < 4.78 is 43.7. The molecule has 0 radical (unpaired) electrons. The second-order valence-electron chi connectivity index (χ2n) is 6.85. The number of ether oxygens (including phenoxy) is 1. The van der Waals surface area contributed by atoms with Crippen LogP contribution in [-0.4, -0.2) is 36.9 Å². The molecule has 0 saturated carbocycles. The number of fused-ring (bicyclic) bond motifs is 2. The van der Waals surface area contributed by atoms with Crippen molar-refractivity contribution in [3.8, 4) is 5.75 Å². The van der Waals surface area contributed by atoms with Gasteiger partial charge in [-0.1, -0.05) is 12.5 Å². The van der Waals surface area contributed by atoms with Crippen LogP contribution in [0.5, 0.6) is 5.75 Å². The van der Waals surface area contributed by atoms with Gasteiger partial charge >= 0.3 is 6.18 Å². The lowest BCUT2D eigenvalue weighted by Crippen LogP contribution is -2.51. The van der Waals surface area contributed by atoms with E-state index in [1.807, 2.05) is 0 Å². The van der Waals surface area contributed by atoms with Crippen molar-refractivity contribution in [2.45, 2.75) is 50.4 Å². The summed E-state index contributed by atoms with van der Waals surface area (Å²) in [5, 5.41) is 0. The fraction of sp³-hybridized carbons (Fsp3) is 0.611. The first-order valence-electron chi connectivity index (χ1n) is 8.32. The third kappa shape index (κ3) is 3.16. The monoisotopic (exact) mass is 341 g/mol. The number of hydrogen-bond acceptors (Lipinski definition) is 3. The van der Waals surface area contributed by atoms with Gasteiger partial charge < -0.3 is 9.64 Å². The van der Waals surface area contributed by atoms with Crippen molar-refractivity contribution < 1.29 is 22.7 Å². The molecule has 0 amide bonds. The number of ketones is 1. The third-order valence-electron chi connectivity index (χ3n) is 5.50. The summed E-state index contributed by atoms with van der Waals surface area (Å²) in [6, 6.07) is 4.27. The highest BCUT2D eigenvalue weighted by Crippen LogP contribution is 2.39. The number of rotatable bonds is 3. The largest absolute Gasteiger partial charge is 0.496 e. The first-order valence-corrected chi connectivity index (χ1v) is 8.32. The zero-order valence-electron chi connectivity index (χ0n) is 13.9. The lowest BCUT2D eigenvalue weighted by atomic mass is 9.76. The minimum Gasteiger partial charge on any atom is -0.496 e. The minimum absolute atomic E-state index is 0.0629. The van der Waals surface area contributed by atoms with Crippen molar-refractivity contribution in [1.82, 2.24) is 4.90 Å². The number of halogens is 3. The van der Waals surface area contributed by atoms with Gasteiger partial charge in [0, 0.05) is 23.6 Å². The highest BCUT2D eigenvalue weighted by Gasteiger charge is 2.39. The van der Waals surface area contributed by atoms with E-state index >= 15 is 0 Å². The first kappa shape index (κ1) is 17.3. The summed E-state index contributed by atoms with van der Waals surface area (Å²) in [5.74, 6) is -0.466. The van der Waals surface area contributed by atoms with Crippen LogP contribution < -0.4 is 4.74 Å². The lowest BCUT2D eigenvalue weighted by Gasteiger charge is -2.46. The molecule has 3 rings (SSSR count). The number of nitrogens with zero attached hydrogens (tertiary/aromatic N) is 1. The van der Waals surface area contributed by atoms with Gasteiger partial charge in [-0.25, -0.2) is 0 Å². The number of carbonyl (C=O) groups is 1. The van der Waals surface area contributed by atoms with Crippen molar-refractivity contribution in [3.05, 3.63) is 29.3 Å². The molecule has 2 bridgehead atoms. The number of Topliss-reactive ketones (excluding diaryl/α,β-unsaturated/α-hetero) is 1. The van der Waals surface area contributed by atoms with E-state index in [9.17, 15) is 18.0 Å². The SMILES string of the molecule is COc1cc(C(=O)C2CC3CCCC(C2)N3C)ccc1C(F)(F)F. The second-order valence-corrected chi connectivity index (χ2v) is 6.85. The Labute approximate surface area is 139 Å². The van der Waals surface area contributed by atoms with Crippen LogP contribution in [0.15, 0.2) is 18.2 Å². The molecule has 2 aliphatic rings.